The van der Waals surface area contributed by atoms with E-state index in [1.54, 1.807) is 18.7 Å². The van der Waals surface area contributed by atoms with Gasteiger partial charge in [-0.25, -0.2) is 0 Å². The SMILES string of the molecule is CSCC(C)(O)CNc1nnc(Cl)c(C)c1C. The van der Waals surface area contributed by atoms with Crippen LogP contribution in [0.4, 0.5) is 5.82 Å². The Balaban J connectivity index is 2.73. The number of halogens is 1. The molecule has 1 aromatic rings. The van der Waals surface area contributed by atoms with Gasteiger partial charge in [0.2, 0.25) is 0 Å². The van der Waals surface area contributed by atoms with Crippen molar-refractivity contribution in [2.75, 3.05) is 23.9 Å². The van der Waals surface area contributed by atoms with E-state index in [0.29, 0.717) is 23.3 Å². The van der Waals surface area contributed by atoms with E-state index >= 15 is 0 Å². The highest BCUT2D eigenvalue weighted by atomic mass is 35.5. The van der Waals surface area contributed by atoms with Crippen LogP contribution in [0.15, 0.2) is 0 Å². The Labute approximate surface area is 111 Å². The van der Waals surface area contributed by atoms with Gasteiger partial charge in [-0.1, -0.05) is 11.6 Å². The first kappa shape index (κ1) is 14.5. The molecule has 0 spiro atoms. The van der Waals surface area contributed by atoms with E-state index in [-0.39, 0.29) is 0 Å². The largest absolute Gasteiger partial charge is 0.387 e. The third-order valence-electron chi connectivity index (χ3n) is 2.56. The summed E-state index contributed by atoms with van der Waals surface area (Å²) in [7, 11) is 0. The molecule has 1 atom stereocenters. The summed E-state index contributed by atoms with van der Waals surface area (Å²) in [6, 6.07) is 0. The van der Waals surface area contributed by atoms with E-state index < -0.39 is 5.60 Å². The Kier molecular flexibility index (Phi) is 5.04. The molecule has 0 aliphatic heterocycles. The lowest BCUT2D eigenvalue weighted by atomic mass is 10.1. The van der Waals surface area contributed by atoms with Crippen molar-refractivity contribution < 1.29 is 5.11 Å². The summed E-state index contributed by atoms with van der Waals surface area (Å²) >= 11 is 7.48. The van der Waals surface area contributed by atoms with Crippen LogP contribution in [0.1, 0.15) is 18.1 Å². The van der Waals surface area contributed by atoms with Gasteiger partial charge in [0.25, 0.3) is 0 Å². The van der Waals surface area contributed by atoms with E-state index in [1.165, 1.54) is 0 Å². The summed E-state index contributed by atoms with van der Waals surface area (Å²) in [5.41, 5.74) is 1.11. The van der Waals surface area contributed by atoms with Crippen LogP contribution < -0.4 is 5.32 Å². The van der Waals surface area contributed by atoms with Crippen molar-refractivity contribution in [2.45, 2.75) is 26.4 Å². The van der Waals surface area contributed by atoms with Crippen LogP contribution in [0.25, 0.3) is 0 Å². The zero-order valence-electron chi connectivity index (χ0n) is 10.5. The van der Waals surface area contributed by atoms with E-state index in [1.807, 2.05) is 20.1 Å². The van der Waals surface area contributed by atoms with Crippen molar-refractivity contribution in [3.05, 3.63) is 16.3 Å². The topological polar surface area (TPSA) is 58.0 Å². The molecule has 0 aromatic carbocycles. The second-order valence-corrected chi connectivity index (χ2v) is 5.60. The monoisotopic (exact) mass is 275 g/mol. The van der Waals surface area contributed by atoms with Gasteiger partial charge in [0.1, 0.15) is 0 Å². The van der Waals surface area contributed by atoms with E-state index in [2.05, 4.69) is 15.5 Å². The highest BCUT2D eigenvalue weighted by Gasteiger charge is 2.20. The lowest BCUT2D eigenvalue weighted by molar-refractivity contribution is 0.0996. The number of thioether (sulfide) groups is 1. The smallest absolute Gasteiger partial charge is 0.155 e. The van der Waals surface area contributed by atoms with Crippen LogP contribution in [0.2, 0.25) is 5.15 Å². The molecule has 0 fully saturated rings. The van der Waals surface area contributed by atoms with Gasteiger partial charge in [0.15, 0.2) is 11.0 Å². The molecule has 1 aromatic heterocycles. The number of nitrogens with one attached hydrogen (secondary N) is 1. The lowest BCUT2D eigenvalue weighted by Gasteiger charge is -2.23. The molecule has 0 aliphatic carbocycles. The number of hydrogen-bond acceptors (Lipinski definition) is 5. The van der Waals surface area contributed by atoms with Crippen LogP contribution in [-0.4, -0.2) is 39.5 Å². The fraction of sp³-hybridized carbons (Fsp3) is 0.636. The summed E-state index contributed by atoms with van der Waals surface area (Å²) in [6.45, 7) is 6.06. The van der Waals surface area contributed by atoms with Crippen LogP contribution in [0.3, 0.4) is 0 Å². The molecule has 1 heterocycles. The molecule has 96 valence electrons. The second kappa shape index (κ2) is 5.89. The molecular weight excluding hydrogens is 258 g/mol. The van der Waals surface area contributed by atoms with Crippen LogP contribution in [0.5, 0.6) is 0 Å². The maximum Gasteiger partial charge on any atom is 0.155 e. The molecule has 0 saturated heterocycles. The Hall–Kier alpha value is -0.520. The summed E-state index contributed by atoms with van der Waals surface area (Å²) in [5.74, 6) is 1.34. The minimum absolute atomic E-state index is 0.420. The van der Waals surface area contributed by atoms with Crippen molar-refractivity contribution in [2.24, 2.45) is 0 Å². The maximum absolute atomic E-state index is 10.0. The zero-order valence-corrected chi connectivity index (χ0v) is 12.1. The van der Waals surface area contributed by atoms with Gasteiger partial charge in [-0.05, 0) is 38.2 Å². The number of anilines is 1. The van der Waals surface area contributed by atoms with Crippen LogP contribution >= 0.6 is 23.4 Å². The second-order valence-electron chi connectivity index (χ2n) is 4.37. The first-order valence-electron chi connectivity index (χ1n) is 5.32. The standard InChI is InChI=1S/C11H18ClN3OS/c1-7-8(2)10(15-14-9(7)12)13-5-11(3,16)6-17-4/h16H,5-6H2,1-4H3,(H,13,15). The van der Waals surface area contributed by atoms with Crippen molar-refractivity contribution in [3.8, 4) is 0 Å². The predicted octanol–water partition coefficient (Wildman–Crippen LogP) is 2.27. The number of rotatable bonds is 5. The molecule has 0 aliphatic rings. The number of nitrogens with zero attached hydrogens (tertiary/aromatic N) is 2. The number of aliphatic hydroxyl groups is 1. The molecule has 1 unspecified atom stereocenters. The van der Waals surface area contributed by atoms with Crippen LogP contribution in [-0.2, 0) is 0 Å². The maximum atomic E-state index is 10.0. The molecule has 1 rings (SSSR count). The molecule has 2 N–H and O–H groups in total. The Bertz CT molecular complexity index is 399. The van der Waals surface area contributed by atoms with Gasteiger partial charge >= 0.3 is 0 Å². The average Bonchev–Trinajstić information content (AvgIpc) is 2.25. The molecule has 0 radical (unpaired) electrons. The highest BCUT2D eigenvalue weighted by molar-refractivity contribution is 7.98. The molecule has 0 bridgehead atoms. The summed E-state index contributed by atoms with van der Waals surface area (Å²) in [4.78, 5) is 0. The summed E-state index contributed by atoms with van der Waals surface area (Å²) in [5, 5.41) is 21.4. The van der Waals surface area contributed by atoms with Gasteiger partial charge in [-0.15, -0.1) is 10.2 Å². The third-order valence-corrected chi connectivity index (χ3v) is 3.83. The number of hydrogen-bond donors (Lipinski definition) is 2. The van der Waals surface area contributed by atoms with Gasteiger partial charge in [0.05, 0.1) is 5.60 Å². The zero-order chi connectivity index (χ0) is 13.1. The fourth-order valence-electron chi connectivity index (χ4n) is 1.38. The van der Waals surface area contributed by atoms with Gasteiger partial charge in [0, 0.05) is 12.3 Å². The minimum Gasteiger partial charge on any atom is -0.387 e. The first-order valence-corrected chi connectivity index (χ1v) is 7.09. The van der Waals surface area contributed by atoms with Gasteiger partial charge in [-0.2, -0.15) is 11.8 Å². The molecule has 17 heavy (non-hydrogen) atoms. The number of aromatic nitrogens is 2. The highest BCUT2D eigenvalue weighted by Crippen LogP contribution is 2.21. The van der Waals surface area contributed by atoms with Crippen molar-refractivity contribution >= 4 is 29.2 Å². The van der Waals surface area contributed by atoms with Crippen molar-refractivity contribution in [1.82, 2.24) is 10.2 Å². The predicted molar refractivity (Wildman–Crippen MR) is 74.0 cm³/mol. The normalized spacial score (nSPS) is 14.5. The van der Waals surface area contributed by atoms with Crippen LogP contribution in [0, 0.1) is 13.8 Å². The molecular formula is C11H18ClN3OS. The van der Waals surface area contributed by atoms with Crippen molar-refractivity contribution in [1.29, 1.82) is 0 Å². The van der Waals surface area contributed by atoms with Gasteiger partial charge < -0.3 is 10.4 Å². The first-order chi connectivity index (χ1) is 7.87. The fourth-order valence-corrected chi connectivity index (χ4v) is 2.28. The Morgan fingerprint density at radius 2 is 2.00 bits per heavy atom. The van der Waals surface area contributed by atoms with E-state index in [9.17, 15) is 5.11 Å². The lowest BCUT2D eigenvalue weighted by Crippen LogP contribution is -2.36. The quantitative estimate of drug-likeness (QED) is 0.863. The molecule has 0 saturated carbocycles. The Morgan fingerprint density at radius 3 is 2.59 bits per heavy atom. The van der Waals surface area contributed by atoms with E-state index in [0.717, 1.165) is 11.1 Å². The third kappa shape index (κ3) is 4.01. The molecule has 6 heteroatoms. The molecule has 4 nitrogen and oxygen atoms in total. The average molecular weight is 276 g/mol. The Morgan fingerprint density at radius 1 is 1.35 bits per heavy atom. The van der Waals surface area contributed by atoms with Crippen molar-refractivity contribution in [3.63, 3.8) is 0 Å². The van der Waals surface area contributed by atoms with Gasteiger partial charge in [-0.3, -0.25) is 0 Å². The summed E-state index contributed by atoms with van der Waals surface area (Å²) in [6.07, 6.45) is 1.96. The summed E-state index contributed by atoms with van der Waals surface area (Å²) < 4.78 is 0. The minimum atomic E-state index is -0.763. The van der Waals surface area contributed by atoms with E-state index in [4.69, 9.17) is 11.6 Å². The molecule has 0 amide bonds.